The normalized spacial score (nSPS) is 13.6. The highest BCUT2D eigenvalue weighted by molar-refractivity contribution is 6.12. The van der Waals surface area contributed by atoms with Crippen LogP contribution in [0.5, 0.6) is 0 Å². The largest absolute Gasteiger partial charge is 0.369 e. The van der Waals surface area contributed by atoms with Gasteiger partial charge in [0.05, 0.1) is 29.3 Å². The van der Waals surface area contributed by atoms with E-state index in [4.69, 9.17) is 0 Å². The summed E-state index contributed by atoms with van der Waals surface area (Å²) in [6.07, 6.45) is 3.72. The van der Waals surface area contributed by atoms with Crippen molar-refractivity contribution in [2.45, 2.75) is 13.8 Å². The molecular formula is C31H30N6O2. The van der Waals surface area contributed by atoms with Crippen molar-refractivity contribution in [2.75, 3.05) is 43.4 Å². The minimum Gasteiger partial charge on any atom is -0.369 e. The molecule has 0 aliphatic carbocycles. The molecule has 8 nitrogen and oxygen atoms in total. The molecule has 0 atom stereocenters. The molecule has 39 heavy (non-hydrogen) atoms. The SMILES string of the molecule is Cc1cn(-c2cc(NC(=O)c3ccc(C)c(C(=O)c4cccc(C#N)c4)c3)cc(N3CCN(C)CC3)c2)cn1. The van der Waals surface area contributed by atoms with Crippen LogP contribution in [-0.2, 0) is 0 Å². The first-order valence-corrected chi connectivity index (χ1v) is 12.9. The van der Waals surface area contributed by atoms with Gasteiger partial charge in [-0.15, -0.1) is 0 Å². The zero-order chi connectivity index (χ0) is 27.5. The third-order valence-corrected chi connectivity index (χ3v) is 7.04. The molecule has 1 saturated heterocycles. The Morgan fingerprint density at radius 1 is 0.923 bits per heavy atom. The Morgan fingerprint density at radius 3 is 2.41 bits per heavy atom. The van der Waals surface area contributed by atoms with Gasteiger partial charge in [0.2, 0.25) is 0 Å². The third-order valence-electron chi connectivity index (χ3n) is 7.04. The second kappa shape index (κ2) is 10.9. The Hall–Kier alpha value is -4.74. The maximum absolute atomic E-state index is 13.4. The number of piperazine rings is 1. The van der Waals surface area contributed by atoms with Crippen molar-refractivity contribution in [3.63, 3.8) is 0 Å². The number of anilines is 2. The van der Waals surface area contributed by atoms with Crippen molar-refractivity contribution >= 4 is 23.1 Å². The van der Waals surface area contributed by atoms with E-state index in [1.165, 1.54) is 0 Å². The molecule has 5 rings (SSSR count). The van der Waals surface area contributed by atoms with Crippen molar-refractivity contribution in [3.05, 3.63) is 107 Å². The molecule has 2 heterocycles. The number of carbonyl (C=O) groups excluding carboxylic acids is 2. The Morgan fingerprint density at radius 2 is 1.69 bits per heavy atom. The highest BCUT2D eigenvalue weighted by atomic mass is 16.1. The van der Waals surface area contributed by atoms with Crippen LogP contribution >= 0.6 is 0 Å². The molecule has 3 aromatic carbocycles. The Bertz CT molecular complexity index is 1590. The van der Waals surface area contributed by atoms with Crippen LogP contribution in [-0.4, -0.2) is 59.4 Å². The minimum absolute atomic E-state index is 0.228. The summed E-state index contributed by atoms with van der Waals surface area (Å²) >= 11 is 0. The lowest BCUT2D eigenvalue weighted by Crippen LogP contribution is -2.44. The molecule has 4 aromatic rings. The van der Waals surface area contributed by atoms with E-state index in [9.17, 15) is 14.9 Å². The number of hydrogen-bond donors (Lipinski definition) is 1. The topological polar surface area (TPSA) is 94.3 Å². The summed E-state index contributed by atoms with van der Waals surface area (Å²) in [6.45, 7) is 7.50. The van der Waals surface area contributed by atoms with Gasteiger partial charge in [-0.3, -0.25) is 9.59 Å². The lowest BCUT2D eigenvalue weighted by molar-refractivity contribution is 0.102. The molecule has 1 N–H and O–H groups in total. The smallest absolute Gasteiger partial charge is 0.255 e. The first kappa shape index (κ1) is 25.9. The molecule has 0 spiro atoms. The first-order valence-electron chi connectivity index (χ1n) is 12.9. The van der Waals surface area contributed by atoms with Gasteiger partial charge >= 0.3 is 0 Å². The number of amides is 1. The third kappa shape index (κ3) is 5.74. The average Bonchev–Trinajstić information content (AvgIpc) is 3.39. The maximum atomic E-state index is 13.4. The zero-order valence-corrected chi connectivity index (χ0v) is 22.3. The zero-order valence-electron chi connectivity index (χ0n) is 22.3. The number of hydrogen-bond acceptors (Lipinski definition) is 6. The molecule has 8 heteroatoms. The first-order chi connectivity index (χ1) is 18.8. The monoisotopic (exact) mass is 518 g/mol. The van der Waals surface area contributed by atoms with E-state index < -0.39 is 0 Å². The number of aromatic nitrogens is 2. The van der Waals surface area contributed by atoms with Gasteiger partial charge in [-0.1, -0.05) is 18.2 Å². The fourth-order valence-electron chi connectivity index (χ4n) is 4.72. The lowest BCUT2D eigenvalue weighted by Gasteiger charge is -2.34. The Kier molecular flexibility index (Phi) is 7.26. The molecule has 1 aliphatic rings. The van der Waals surface area contributed by atoms with Crippen molar-refractivity contribution < 1.29 is 9.59 Å². The second-order valence-corrected chi connectivity index (χ2v) is 9.96. The highest BCUT2D eigenvalue weighted by Crippen LogP contribution is 2.27. The number of benzene rings is 3. The fourth-order valence-corrected chi connectivity index (χ4v) is 4.72. The van der Waals surface area contributed by atoms with Crippen molar-refractivity contribution in [3.8, 4) is 11.8 Å². The van der Waals surface area contributed by atoms with Crippen LogP contribution in [0.25, 0.3) is 5.69 Å². The number of nitrogens with zero attached hydrogens (tertiary/aromatic N) is 5. The van der Waals surface area contributed by atoms with Gasteiger partial charge in [0.25, 0.3) is 5.91 Å². The molecule has 0 unspecified atom stereocenters. The van der Waals surface area contributed by atoms with Gasteiger partial charge in [0.1, 0.15) is 0 Å². The summed E-state index contributed by atoms with van der Waals surface area (Å²) in [5, 5.41) is 12.3. The number of rotatable bonds is 6. The highest BCUT2D eigenvalue weighted by Gasteiger charge is 2.19. The average molecular weight is 519 g/mol. The number of aryl methyl sites for hydroxylation is 2. The molecule has 1 amide bonds. The predicted octanol–water partition coefficient (Wildman–Crippen LogP) is 4.60. The summed E-state index contributed by atoms with van der Waals surface area (Å²) in [5.74, 6) is -0.535. The number of likely N-dealkylation sites (N-methyl/N-ethyl adjacent to an activating group) is 1. The summed E-state index contributed by atoms with van der Waals surface area (Å²) < 4.78 is 1.95. The van der Waals surface area contributed by atoms with Crippen LogP contribution in [0.4, 0.5) is 11.4 Å². The molecular weight excluding hydrogens is 488 g/mol. The van der Waals surface area contributed by atoms with E-state index in [0.717, 1.165) is 48.8 Å². The van der Waals surface area contributed by atoms with Crippen LogP contribution in [0.1, 0.15) is 43.1 Å². The summed E-state index contributed by atoms with van der Waals surface area (Å²) in [6, 6.07) is 19.8. The van der Waals surface area contributed by atoms with E-state index in [1.54, 1.807) is 48.8 Å². The molecule has 0 bridgehead atoms. The molecule has 196 valence electrons. The summed E-state index contributed by atoms with van der Waals surface area (Å²) in [4.78, 5) is 35.7. The standard InChI is InChI=1S/C31H30N6O2/c1-21-7-8-25(14-29(21)30(38)24-6-4-5-23(13-24)18-32)31(39)34-26-15-27(36-11-9-35(3)10-12-36)17-28(16-26)37-19-22(2)33-20-37/h4-8,13-17,19-20H,9-12H2,1-3H3,(H,34,39). The van der Waals surface area contributed by atoms with E-state index in [-0.39, 0.29) is 11.7 Å². The second-order valence-electron chi connectivity index (χ2n) is 9.96. The van der Waals surface area contributed by atoms with Crippen LogP contribution in [0.2, 0.25) is 0 Å². The van der Waals surface area contributed by atoms with E-state index >= 15 is 0 Å². The van der Waals surface area contributed by atoms with Crippen LogP contribution in [0, 0.1) is 25.2 Å². The van der Waals surface area contributed by atoms with Gasteiger partial charge in [-0.05, 0) is 68.9 Å². The van der Waals surface area contributed by atoms with Crippen LogP contribution < -0.4 is 10.2 Å². The maximum Gasteiger partial charge on any atom is 0.255 e. The Balaban J connectivity index is 1.45. The Labute approximate surface area is 228 Å². The van der Waals surface area contributed by atoms with Gasteiger partial charge in [0.15, 0.2) is 5.78 Å². The van der Waals surface area contributed by atoms with Crippen LogP contribution in [0.3, 0.4) is 0 Å². The molecule has 1 fully saturated rings. The van der Waals surface area contributed by atoms with Crippen molar-refractivity contribution in [1.82, 2.24) is 14.5 Å². The van der Waals surface area contributed by atoms with E-state index in [2.05, 4.69) is 39.3 Å². The van der Waals surface area contributed by atoms with E-state index in [0.29, 0.717) is 27.9 Å². The number of nitrogens with one attached hydrogen (secondary N) is 1. The van der Waals surface area contributed by atoms with Gasteiger partial charge in [-0.2, -0.15) is 5.26 Å². The molecule has 1 aliphatic heterocycles. The molecule has 0 saturated carbocycles. The van der Waals surface area contributed by atoms with Gasteiger partial charge in [-0.25, -0.2) is 4.98 Å². The fraction of sp³-hybridized carbons (Fsp3) is 0.226. The van der Waals surface area contributed by atoms with Crippen molar-refractivity contribution in [2.24, 2.45) is 0 Å². The molecule has 1 aromatic heterocycles. The molecule has 0 radical (unpaired) electrons. The van der Waals surface area contributed by atoms with Gasteiger partial charge in [0, 0.05) is 60.4 Å². The van der Waals surface area contributed by atoms with Crippen LogP contribution in [0.15, 0.2) is 73.2 Å². The quantitative estimate of drug-likeness (QED) is 0.375. The van der Waals surface area contributed by atoms with E-state index in [1.807, 2.05) is 36.7 Å². The number of imidazole rings is 1. The summed E-state index contributed by atoms with van der Waals surface area (Å²) in [5.41, 5.74) is 5.89. The minimum atomic E-state index is -0.307. The summed E-state index contributed by atoms with van der Waals surface area (Å²) in [7, 11) is 2.12. The predicted molar refractivity (Wildman–Crippen MR) is 152 cm³/mol. The van der Waals surface area contributed by atoms with Crippen molar-refractivity contribution in [1.29, 1.82) is 5.26 Å². The number of ketones is 1. The number of nitriles is 1. The lowest BCUT2D eigenvalue weighted by atomic mass is 9.96. The number of carbonyl (C=O) groups is 2. The van der Waals surface area contributed by atoms with Gasteiger partial charge < -0.3 is 19.7 Å².